The van der Waals surface area contributed by atoms with E-state index in [4.69, 9.17) is 0 Å². The summed E-state index contributed by atoms with van der Waals surface area (Å²) in [5.41, 5.74) is 17.4. The molecule has 264 valence electrons. The predicted molar refractivity (Wildman–Crippen MR) is 232 cm³/mol. The molecule has 2 nitrogen and oxygen atoms in total. The van der Waals surface area contributed by atoms with Crippen molar-refractivity contribution in [2.75, 3.05) is 9.80 Å². The largest absolute Gasteiger partial charge is 0.309 e. The number of nitrogens with zero attached hydrogens (tertiary/aromatic N) is 2. The van der Waals surface area contributed by atoms with Gasteiger partial charge in [-0.25, -0.2) is 0 Å². The molecule has 8 aromatic rings. The fraction of sp³-hybridized carbons (Fsp3) is 0.192. The fourth-order valence-corrected chi connectivity index (χ4v) is 9.92. The van der Waals surface area contributed by atoms with E-state index in [1.807, 2.05) is 0 Å². The second kappa shape index (κ2) is 11.3. The molecule has 0 amide bonds. The SMILES string of the molecule is Cc1ccc(N2c3ccc(C)cc3C(C)(C)c3c2c2ccccc2c2c4c(c5ccccc5c32)N(c2ccc(C)cc2)c2ccc(C)cc2C4(C)C)cc1. The second-order valence-corrected chi connectivity index (χ2v) is 16.9. The fourth-order valence-electron chi connectivity index (χ4n) is 9.92. The minimum absolute atomic E-state index is 0.304. The lowest BCUT2D eigenvalue weighted by Gasteiger charge is -2.46. The Hall–Kier alpha value is -5.86. The average molecular weight is 699 g/mol. The van der Waals surface area contributed by atoms with Crippen LogP contribution in [0.2, 0.25) is 0 Å². The van der Waals surface area contributed by atoms with Crippen LogP contribution >= 0.6 is 0 Å². The maximum atomic E-state index is 2.56. The Balaban J connectivity index is 1.47. The van der Waals surface area contributed by atoms with Crippen molar-refractivity contribution in [3.05, 3.63) is 178 Å². The summed E-state index contributed by atoms with van der Waals surface area (Å²) in [6.07, 6.45) is 0. The quantitative estimate of drug-likeness (QED) is 0.166. The summed E-state index contributed by atoms with van der Waals surface area (Å²) in [5.74, 6) is 0. The molecule has 0 unspecified atom stereocenters. The third-order valence-corrected chi connectivity index (χ3v) is 12.5. The van der Waals surface area contributed by atoms with E-state index in [0.29, 0.717) is 0 Å². The minimum atomic E-state index is -0.304. The number of fused-ring (bicyclic) bond motifs is 13. The van der Waals surface area contributed by atoms with Crippen LogP contribution in [0.4, 0.5) is 34.1 Å². The van der Waals surface area contributed by atoms with Gasteiger partial charge in [-0.05, 0) is 108 Å². The predicted octanol–water partition coefficient (Wildman–Crippen LogP) is 14.6. The second-order valence-electron chi connectivity index (χ2n) is 16.9. The standard InChI is InChI=1S/C52H46N2/c1-31-17-23-35(24-18-31)53-43-27-21-33(3)29-41(43)51(5,6)47-45-38-14-10-12-16-40(38)50-48(46(45)37-13-9-11-15-39(37)49(47)53)52(7,8)42-30-34(4)22-28-44(42)54(50)36-25-19-32(2)20-26-36/h9-30H,1-8H3. The molecule has 0 aromatic heterocycles. The Morgan fingerprint density at radius 1 is 0.370 bits per heavy atom. The first-order valence-corrected chi connectivity index (χ1v) is 19.4. The van der Waals surface area contributed by atoms with Gasteiger partial charge in [-0.1, -0.05) is 147 Å². The smallest absolute Gasteiger partial charge is 0.0587 e. The van der Waals surface area contributed by atoms with Crippen molar-refractivity contribution >= 4 is 66.4 Å². The third-order valence-electron chi connectivity index (χ3n) is 12.5. The number of rotatable bonds is 2. The van der Waals surface area contributed by atoms with Gasteiger partial charge in [-0.2, -0.15) is 0 Å². The first-order chi connectivity index (χ1) is 26.0. The van der Waals surface area contributed by atoms with Gasteiger partial charge in [0.05, 0.1) is 22.7 Å². The molecular formula is C52H46N2. The summed E-state index contributed by atoms with van der Waals surface area (Å²) in [6.45, 7) is 18.6. The third kappa shape index (κ3) is 4.40. The summed E-state index contributed by atoms with van der Waals surface area (Å²) < 4.78 is 0. The Morgan fingerprint density at radius 3 is 1.07 bits per heavy atom. The molecule has 0 saturated carbocycles. The van der Waals surface area contributed by atoms with Gasteiger partial charge >= 0.3 is 0 Å². The zero-order valence-electron chi connectivity index (χ0n) is 32.6. The highest BCUT2D eigenvalue weighted by atomic mass is 15.2. The molecule has 0 spiro atoms. The van der Waals surface area contributed by atoms with Gasteiger partial charge in [-0.15, -0.1) is 0 Å². The van der Waals surface area contributed by atoms with Crippen LogP contribution in [0.15, 0.2) is 133 Å². The van der Waals surface area contributed by atoms with E-state index in [9.17, 15) is 0 Å². The molecule has 54 heavy (non-hydrogen) atoms. The van der Waals surface area contributed by atoms with E-state index >= 15 is 0 Å². The van der Waals surface area contributed by atoms with Crippen molar-refractivity contribution in [3.63, 3.8) is 0 Å². The Morgan fingerprint density at radius 2 is 0.704 bits per heavy atom. The maximum absolute atomic E-state index is 2.56. The van der Waals surface area contributed by atoms with Crippen LogP contribution in [0.3, 0.4) is 0 Å². The monoisotopic (exact) mass is 698 g/mol. The molecule has 0 atom stereocenters. The van der Waals surface area contributed by atoms with Gasteiger partial charge in [0.25, 0.3) is 0 Å². The van der Waals surface area contributed by atoms with Crippen LogP contribution in [0.25, 0.3) is 32.3 Å². The molecule has 0 bridgehead atoms. The lowest BCUT2D eigenvalue weighted by molar-refractivity contribution is 0.634. The van der Waals surface area contributed by atoms with Gasteiger partial charge in [-0.3, -0.25) is 0 Å². The average Bonchev–Trinajstić information content (AvgIpc) is 3.16. The first-order valence-electron chi connectivity index (χ1n) is 19.4. The van der Waals surface area contributed by atoms with Gasteiger partial charge in [0.15, 0.2) is 0 Å². The molecule has 2 aliphatic rings. The Labute approximate surface area is 319 Å². The van der Waals surface area contributed by atoms with Crippen LogP contribution in [0.5, 0.6) is 0 Å². The van der Waals surface area contributed by atoms with E-state index in [-0.39, 0.29) is 10.8 Å². The molecule has 0 N–H and O–H groups in total. The molecule has 2 heterocycles. The van der Waals surface area contributed by atoms with E-state index in [2.05, 4.69) is 199 Å². The molecule has 2 aliphatic heterocycles. The van der Waals surface area contributed by atoms with Crippen LogP contribution < -0.4 is 9.80 Å². The number of hydrogen-bond acceptors (Lipinski definition) is 2. The van der Waals surface area contributed by atoms with Crippen molar-refractivity contribution in [2.24, 2.45) is 0 Å². The highest BCUT2D eigenvalue weighted by molar-refractivity contribution is 6.29. The van der Waals surface area contributed by atoms with Crippen molar-refractivity contribution in [1.82, 2.24) is 0 Å². The van der Waals surface area contributed by atoms with E-state index < -0.39 is 0 Å². The van der Waals surface area contributed by atoms with Crippen molar-refractivity contribution in [3.8, 4) is 0 Å². The van der Waals surface area contributed by atoms with Crippen molar-refractivity contribution in [1.29, 1.82) is 0 Å². The van der Waals surface area contributed by atoms with Crippen LogP contribution in [0.1, 0.15) is 72.2 Å². The topological polar surface area (TPSA) is 6.48 Å². The molecule has 2 heteroatoms. The summed E-state index contributed by atoms with van der Waals surface area (Å²) >= 11 is 0. The van der Waals surface area contributed by atoms with Crippen molar-refractivity contribution in [2.45, 2.75) is 66.2 Å². The van der Waals surface area contributed by atoms with Gasteiger partial charge in [0.1, 0.15) is 0 Å². The molecule has 0 aliphatic carbocycles. The lowest BCUT2D eigenvalue weighted by atomic mass is 9.66. The number of anilines is 6. The summed E-state index contributed by atoms with van der Waals surface area (Å²) in [4.78, 5) is 5.13. The molecule has 0 saturated heterocycles. The molecule has 8 aromatic carbocycles. The lowest BCUT2D eigenvalue weighted by Crippen LogP contribution is -2.33. The van der Waals surface area contributed by atoms with Crippen molar-refractivity contribution < 1.29 is 0 Å². The number of aryl methyl sites for hydroxylation is 4. The highest BCUT2D eigenvalue weighted by Crippen LogP contribution is 2.63. The summed E-state index contributed by atoms with van der Waals surface area (Å²) in [6, 6.07) is 50.8. The zero-order chi connectivity index (χ0) is 37.3. The molecule has 0 radical (unpaired) electrons. The highest BCUT2D eigenvalue weighted by Gasteiger charge is 2.45. The van der Waals surface area contributed by atoms with E-state index in [1.165, 1.54) is 111 Å². The number of hydrogen-bond donors (Lipinski definition) is 0. The van der Waals surface area contributed by atoms with Gasteiger partial charge in [0, 0.05) is 33.0 Å². The van der Waals surface area contributed by atoms with Gasteiger partial charge in [0.2, 0.25) is 0 Å². The Kier molecular flexibility index (Phi) is 6.87. The zero-order valence-corrected chi connectivity index (χ0v) is 32.6. The summed E-state index contributed by atoms with van der Waals surface area (Å²) in [7, 11) is 0. The van der Waals surface area contributed by atoms with Crippen LogP contribution in [-0.4, -0.2) is 0 Å². The van der Waals surface area contributed by atoms with E-state index in [1.54, 1.807) is 0 Å². The maximum Gasteiger partial charge on any atom is 0.0587 e. The normalized spacial score (nSPS) is 15.3. The molecular weight excluding hydrogens is 653 g/mol. The minimum Gasteiger partial charge on any atom is -0.309 e. The summed E-state index contributed by atoms with van der Waals surface area (Å²) in [5, 5.41) is 7.88. The number of benzene rings is 8. The van der Waals surface area contributed by atoms with Crippen LogP contribution in [-0.2, 0) is 10.8 Å². The molecule has 0 fully saturated rings. The first kappa shape index (κ1) is 32.8. The van der Waals surface area contributed by atoms with E-state index in [0.717, 1.165) is 0 Å². The molecule has 10 rings (SSSR count). The Bertz CT molecular complexity index is 2660. The van der Waals surface area contributed by atoms with Gasteiger partial charge < -0.3 is 9.80 Å². The van der Waals surface area contributed by atoms with Crippen LogP contribution in [0, 0.1) is 27.7 Å².